The molecule has 3 N–H and O–H groups in total. The number of rotatable bonds is 6. The molecule has 1 aliphatic carbocycles. The number of carbonyl (C=O) groups is 2. The van der Waals surface area contributed by atoms with Crippen LogP contribution in [-0.2, 0) is 16.0 Å². The monoisotopic (exact) mass is 473 g/mol. The molecule has 0 heterocycles. The first-order valence-electron chi connectivity index (χ1n) is 9.97. The molecule has 1 aliphatic rings. The van der Waals surface area contributed by atoms with E-state index in [-0.39, 0.29) is 12.5 Å². The number of amides is 1. The van der Waals surface area contributed by atoms with Gasteiger partial charge in [-0.25, -0.2) is 18.4 Å². The third kappa shape index (κ3) is 4.34. The second-order valence-electron chi connectivity index (χ2n) is 7.55. The number of alkyl carbamates (subject to hydrolysis) is 1. The predicted molar refractivity (Wildman–Crippen MR) is 116 cm³/mol. The molecule has 0 bridgehead atoms. The van der Waals surface area contributed by atoms with Crippen LogP contribution >= 0.6 is 11.6 Å². The summed E-state index contributed by atoms with van der Waals surface area (Å²) in [6.07, 6.45) is -1.79. The van der Waals surface area contributed by atoms with Crippen LogP contribution in [0.4, 0.5) is 13.6 Å². The molecule has 4 rings (SSSR count). The summed E-state index contributed by atoms with van der Waals surface area (Å²) in [6.45, 7) is -0.0556. The Morgan fingerprint density at radius 3 is 2.21 bits per heavy atom. The number of aliphatic carboxylic acids is 1. The number of benzene rings is 3. The highest BCUT2D eigenvalue weighted by Gasteiger charge is 2.30. The van der Waals surface area contributed by atoms with E-state index < -0.39 is 52.5 Å². The SMILES string of the molecule is O=C(NC(Cc1c(F)cc(O)c(Cl)c1F)C(=O)O)OCC1c2ccccc2-c2ccccc21. The summed E-state index contributed by atoms with van der Waals surface area (Å²) in [6, 6.07) is 14.3. The van der Waals surface area contributed by atoms with E-state index in [1.165, 1.54) is 0 Å². The Balaban J connectivity index is 1.47. The van der Waals surface area contributed by atoms with Gasteiger partial charge in [0, 0.05) is 24.0 Å². The molecule has 0 spiro atoms. The molecule has 3 aromatic carbocycles. The summed E-state index contributed by atoms with van der Waals surface area (Å²) < 4.78 is 33.6. The lowest BCUT2D eigenvalue weighted by Gasteiger charge is -2.18. The van der Waals surface area contributed by atoms with Crippen LogP contribution in [0.2, 0.25) is 5.02 Å². The molecule has 0 saturated heterocycles. The number of ether oxygens (including phenoxy) is 1. The van der Waals surface area contributed by atoms with E-state index in [4.69, 9.17) is 16.3 Å². The predicted octanol–water partition coefficient (Wildman–Crippen LogP) is 4.86. The average Bonchev–Trinajstić information content (AvgIpc) is 3.12. The molecule has 1 amide bonds. The zero-order valence-corrected chi connectivity index (χ0v) is 17.8. The number of halogens is 3. The molecule has 0 aromatic heterocycles. The minimum atomic E-state index is -1.69. The Hall–Kier alpha value is -3.65. The van der Waals surface area contributed by atoms with Gasteiger partial charge in [-0.05, 0) is 22.3 Å². The van der Waals surface area contributed by atoms with Crippen LogP contribution in [0.25, 0.3) is 11.1 Å². The van der Waals surface area contributed by atoms with Gasteiger partial charge in [-0.2, -0.15) is 0 Å². The minimum absolute atomic E-state index is 0.0556. The molecular weight excluding hydrogens is 456 g/mol. The molecule has 0 aliphatic heterocycles. The summed E-state index contributed by atoms with van der Waals surface area (Å²) >= 11 is 5.58. The Kier molecular flexibility index (Phi) is 6.20. The normalized spacial score (nSPS) is 13.2. The maximum absolute atomic E-state index is 14.2. The van der Waals surface area contributed by atoms with Crippen LogP contribution < -0.4 is 5.32 Å². The topological polar surface area (TPSA) is 95.9 Å². The fourth-order valence-electron chi connectivity index (χ4n) is 3.99. The van der Waals surface area contributed by atoms with Crippen LogP contribution in [0.1, 0.15) is 22.6 Å². The maximum Gasteiger partial charge on any atom is 0.407 e. The first-order valence-corrected chi connectivity index (χ1v) is 10.3. The summed E-state index contributed by atoms with van der Waals surface area (Å²) in [5, 5.41) is 20.2. The maximum atomic E-state index is 14.2. The van der Waals surface area contributed by atoms with Gasteiger partial charge >= 0.3 is 12.1 Å². The van der Waals surface area contributed by atoms with Gasteiger partial charge in [-0.1, -0.05) is 60.1 Å². The van der Waals surface area contributed by atoms with E-state index >= 15 is 0 Å². The van der Waals surface area contributed by atoms with Crippen LogP contribution in [0.5, 0.6) is 5.75 Å². The number of carboxylic acid groups (broad SMARTS) is 1. The second-order valence-corrected chi connectivity index (χ2v) is 7.93. The van der Waals surface area contributed by atoms with Crippen molar-refractivity contribution >= 4 is 23.7 Å². The van der Waals surface area contributed by atoms with E-state index in [1.54, 1.807) is 0 Å². The lowest BCUT2D eigenvalue weighted by molar-refractivity contribution is -0.139. The Bertz CT molecular complexity index is 1200. The van der Waals surface area contributed by atoms with E-state index in [9.17, 15) is 28.6 Å². The molecule has 33 heavy (non-hydrogen) atoms. The van der Waals surface area contributed by atoms with E-state index in [1.807, 2.05) is 48.5 Å². The highest BCUT2D eigenvalue weighted by molar-refractivity contribution is 6.32. The van der Waals surface area contributed by atoms with Crippen molar-refractivity contribution in [2.24, 2.45) is 0 Å². The first-order chi connectivity index (χ1) is 15.8. The second kappa shape index (κ2) is 9.07. The molecule has 1 atom stereocenters. The number of hydrogen-bond acceptors (Lipinski definition) is 4. The number of aromatic hydroxyl groups is 1. The van der Waals surface area contributed by atoms with Gasteiger partial charge in [0.1, 0.15) is 29.2 Å². The van der Waals surface area contributed by atoms with Gasteiger partial charge < -0.3 is 20.3 Å². The Labute approximate surface area is 192 Å². The van der Waals surface area contributed by atoms with Gasteiger partial charge in [0.05, 0.1) is 0 Å². The highest BCUT2D eigenvalue weighted by Crippen LogP contribution is 2.44. The summed E-state index contributed by atoms with van der Waals surface area (Å²) in [7, 11) is 0. The van der Waals surface area contributed by atoms with Crippen molar-refractivity contribution in [2.75, 3.05) is 6.61 Å². The smallest absolute Gasteiger partial charge is 0.407 e. The number of phenols is 1. The fraction of sp³-hybridized carbons (Fsp3) is 0.167. The number of hydrogen-bond donors (Lipinski definition) is 3. The molecule has 0 radical (unpaired) electrons. The minimum Gasteiger partial charge on any atom is -0.506 e. The quantitative estimate of drug-likeness (QED) is 0.444. The van der Waals surface area contributed by atoms with Crippen molar-refractivity contribution in [3.63, 3.8) is 0 Å². The fourth-order valence-corrected chi connectivity index (χ4v) is 4.16. The van der Waals surface area contributed by atoms with Gasteiger partial charge in [-0.3, -0.25) is 0 Å². The van der Waals surface area contributed by atoms with Crippen molar-refractivity contribution in [1.82, 2.24) is 5.32 Å². The molecule has 0 saturated carbocycles. The lowest BCUT2D eigenvalue weighted by Crippen LogP contribution is -2.43. The summed E-state index contributed by atoms with van der Waals surface area (Å²) in [5.74, 6) is -5.06. The largest absolute Gasteiger partial charge is 0.506 e. The van der Waals surface area contributed by atoms with Crippen molar-refractivity contribution in [1.29, 1.82) is 0 Å². The van der Waals surface area contributed by atoms with Gasteiger partial charge in [0.2, 0.25) is 0 Å². The first kappa shape index (κ1) is 22.5. The van der Waals surface area contributed by atoms with E-state index in [2.05, 4.69) is 5.32 Å². The van der Waals surface area contributed by atoms with Crippen LogP contribution in [0, 0.1) is 11.6 Å². The summed E-state index contributed by atoms with van der Waals surface area (Å²) in [4.78, 5) is 24.0. The van der Waals surface area contributed by atoms with Crippen molar-refractivity contribution in [2.45, 2.75) is 18.4 Å². The number of carbonyl (C=O) groups excluding carboxylic acids is 1. The van der Waals surface area contributed by atoms with Crippen molar-refractivity contribution < 1.29 is 33.3 Å². The molecule has 9 heteroatoms. The van der Waals surface area contributed by atoms with E-state index in [0.717, 1.165) is 22.3 Å². The number of carboxylic acids is 1. The van der Waals surface area contributed by atoms with Crippen LogP contribution in [-0.4, -0.2) is 34.9 Å². The average molecular weight is 474 g/mol. The molecule has 6 nitrogen and oxygen atoms in total. The third-order valence-electron chi connectivity index (χ3n) is 5.58. The van der Waals surface area contributed by atoms with Crippen LogP contribution in [0.15, 0.2) is 54.6 Å². The molecule has 1 unspecified atom stereocenters. The zero-order chi connectivity index (χ0) is 23.7. The number of fused-ring (bicyclic) bond motifs is 3. The van der Waals surface area contributed by atoms with Gasteiger partial charge in [0.15, 0.2) is 5.82 Å². The highest BCUT2D eigenvalue weighted by atomic mass is 35.5. The number of phenolic OH excluding ortho intramolecular Hbond substituents is 1. The standard InChI is InChI=1S/C24H18ClF2NO5/c25-21-20(29)10-18(26)16(22(21)27)9-19(23(30)31)28-24(32)33-11-17-14-7-3-1-5-12(14)13-6-2-4-8-15(13)17/h1-8,10,17,19,29H,9,11H2,(H,28,32)(H,30,31). The third-order valence-corrected chi connectivity index (χ3v) is 5.94. The summed E-state index contributed by atoms with van der Waals surface area (Å²) in [5.41, 5.74) is 3.33. The number of nitrogens with one attached hydrogen (secondary N) is 1. The van der Waals surface area contributed by atoms with Crippen molar-refractivity contribution in [3.8, 4) is 16.9 Å². The zero-order valence-electron chi connectivity index (χ0n) is 17.0. The molecular formula is C24H18ClF2NO5. The lowest BCUT2D eigenvalue weighted by atomic mass is 9.98. The van der Waals surface area contributed by atoms with Gasteiger partial charge in [-0.15, -0.1) is 0 Å². The Morgan fingerprint density at radius 1 is 1.06 bits per heavy atom. The molecule has 170 valence electrons. The van der Waals surface area contributed by atoms with Crippen molar-refractivity contribution in [3.05, 3.63) is 87.9 Å². The van der Waals surface area contributed by atoms with E-state index in [0.29, 0.717) is 6.07 Å². The Morgan fingerprint density at radius 2 is 1.64 bits per heavy atom. The van der Waals surface area contributed by atoms with Gasteiger partial charge in [0.25, 0.3) is 0 Å². The molecule has 3 aromatic rings. The van der Waals surface area contributed by atoms with Crippen LogP contribution in [0.3, 0.4) is 0 Å². The molecule has 0 fully saturated rings.